The molecule has 0 fully saturated rings. The van der Waals surface area contributed by atoms with Gasteiger partial charge in [0, 0.05) is 17.8 Å². The van der Waals surface area contributed by atoms with Crippen LogP contribution >= 0.6 is 0 Å². The summed E-state index contributed by atoms with van der Waals surface area (Å²) in [5.41, 5.74) is 0.276. The third-order valence-corrected chi connectivity index (χ3v) is 3.45. The van der Waals surface area contributed by atoms with Crippen molar-refractivity contribution in [3.63, 3.8) is 0 Å². The Morgan fingerprint density at radius 1 is 1.04 bits per heavy atom. The summed E-state index contributed by atoms with van der Waals surface area (Å²) in [6, 6.07) is 10.0. The third-order valence-electron chi connectivity index (χ3n) is 3.45. The van der Waals surface area contributed by atoms with E-state index >= 15 is 0 Å². The van der Waals surface area contributed by atoms with E-state index in [0.29, 0.717) is 24.7 Å². The number of nitrogens with one attached hydrogen (secondary N) is 1. The van der Waals surface area contributed by atoms with E-state index in [1.54, 1.807) is 13.0 Å². The van der Waals surface area contributed by atoms with Crippen LogP contribution in [-0.4, -0.2) is 36.6 Å². The van der Waals surface area contributed by atoms with Crippen molar-refractivity contribution < 1.29 is 28.7 Å². The lowest BCUT2D eigenvalue weighted by atomic mass is 10.2. The molecule has 2 aromatic carbocycles. The largest absolute Gasteiger partial charge is 0.490 e. The van der Waals surface area contributed by atoms with Crippen LogP contribution in [0.4, 0.5) is 11.4 Å². The third kappa shape index (κ3) is 5.70. The van der Waals surface area contributed by atoms with Gasteiger partial charge in [-0.05, 0) is 38.1 Å². The number of carbonyl (C=O) groups is 2. The maximum atomic E-state index is 12.2. The van der Waals surface area contributed by atoms with Gasteiger partial charge in [0.05, 0.1) is 23.7 Å². The van der Waals surface area contributed by atoms with Crippen LogP contribution in [0, 0.1) is 10.1 Å². The van der Waals surface area contributed by atoms with Gasteiger partial charge in [-0.3, -0.25) is 14.9 Å². The average Bonchev–Trinajstić information content (AvgIpc) is 2.68. The van der Waals surface area contributed by atoms with Gasteiger partial charge < -0.3 is 19.5 Å². The number of non-ortho nitro benzene ring substituents is 1. The van der Waals surface area contributed by atoms with Crippen molar-refractivity contribution in [3.05, 3.63) is 58.1 Å². The quantitative estimate of drug-likeness (QED) is 0.398. The van der Waals surface area contributed by atoms with Crippen LogP contribution in [-0.2, 0) is 9.53 Å². The molecule has 0 atom stereocenters. The van der Waals surface area contributed by atoms with Crippen LogP contribution < -0.4 is 14.8 Å². The van der Waals surface area contributed by atoms with Crippen molar-refractivity contribution in [2.45, 2.75) is 13.8 Å². The minimum atomic E-state index is -0.710. The molecule has 28 heavy (non-hydrogen) atoms. The molecule has 0 aliphatic rings. The minimum Gasteiger partial charge on any atom is -0.490 e. The second kappa shape index (κ2) is 9.91. The maximum Gasteiger partial charge on any atom is 0.338 e. The van der Waals surface area contributed by atoms with Crippen molar-refractivity contribution >= 4 is 23.3 Å². The molecule has 0 unspecified atom stereocenters. The highest BCUT2D eigenvalue weighted by atomic mass is 16.6. The summed E-state index contributed by atoms with van der Waals surface area (Å²) in [7, 11) is 0. The van der Waals surface area contributed by atoms with Gasteiger partial charge in [0.25, 0.3) is 11.6 Å². The molecular weight excluding hydrogens is 368 g/mol. The summed E-state index contributed by atoms with van der Waals surface area (Å²) >= 11 is 0. The zero-order valence-electron chi connectivity index (χ0n) is 15.5. The van der Waals surface area contributed by atoms with Crippen molar-refractivity contribution in [1.29, 1.82) is 0 Å². The average molecular weight is 388 g/mol. The van der Waals surface area contributed by atoms with E-state index in [1.165, 1.54) is 36.4 Å². The topological polar surface area (TPSA) is 117 Å². The highest BCUT2D eigenvalue weighted by molar-refractivity contribution is 5.96. The first-order valence-electron chi connectivity index (χ1n) is 8.55. The number of rotatable bonds is 9. The standard InChI is InChI=1S/C19H20N2O7/c1-3-26-16-9-8-13(10-17(16)27-4-2)19(23)28-12-18(22)20-14-6-5-7-15(11-14)21(24)25/h5-11H,3-4,12H2,1-2H3,(H,20,22). The molecule has 1 N–H and O–H groups in total. The van der Waals surface area contributed by atoms with Crippen LogP contribution in [0.2, 0.25) is 0 Å². The molecule has 0 saturated heterocycles. The first-order valence-corrected chi connectivity index (χ1v) is 8.55. The predicted octanol–water partition coefficient (Wildman–Crippen LogP) is 3.19. The Kier molecular flexibility index (Phi) is 7.32. The van der Waals surface area contributed by atoms with Gasteiger partial charge in [-0.2, -0.15) is 0 Å². The summed E-state index contributed by atoms with van der Waals surface area (Å²) in [6.07, 6.45) is 0. The molecule has 2 aromatic rings. The molecular formula is C19H20N2O7. The van der Waals surface area contributed by atoms with E-state index in [1.807, 2.05) is 6.92 Å². The van der Waals surface area contributed by atoms with E-state index in [4.69, 9.17) is 14.2 Å². The zero-order chi connectivity index (χ0) is 20.5. The Hall–Kier alpha value is -3.62. The summed E-state index contributed by atoms with van der Waals surface area (Å²) in [5, 5.41) is 13.2. The lowest BCUT2D eigenvalue weighted by molar-refractivity contribution is -0.384. The van der Waals surface area contributed by atoms with Crippen LogP contribution in [0.25, 0.3) is 0 Å². The highest BCUT2D eigenvalue weighted by Gasteiger charge is 2.15. The van der Waals surface area contributed by atoms with Crippen molar-refractivity contribution in [3.8, 4) is 11.5 Å². The molecule has 148 valence electrons. The van der Waals surface area contributed by atoms with Crippen molar-refractivity contribution in [1.82, 2.24) is 0 Å². The lowest BCUT2D eigenvalue weighted by Crippen LogP contribution is -2.21. The van der Waals surface area contributed by atoms with E-state index in [2.05, 4.69) is 5.32 Å². The molecule has 9 nitrogen and oxygen atoms in total. The zero-order valence-corrected chi connectivity index (χ0v) is 15.5. The number of benzene rings is 2. The Morgan fingerprint density at radius 3 is 2.43 bits per heavy atom. The number of hydrogen-bond acceptors (Lipinski definition) is 7. The first-order chi connectivity index (χ1) is 13.4. The Balaban J connectivity index is 1.97. The van der Waals surface area contributed by atoms with Gasteiger partial charge in [-0.25, -0.2) is 4.79 Å². The number of ether oxygens (including phenoxy) is 3. The smallest absolute Gasteiger partial charge is 0.338 e. The summed E-state index contributed by atoms with van der Waals surface area (Å²) in [5.74, 6) is -0.424. The Labute approximate surface area is 161 Å². The molecule has 0 saturated carbocycles. The number of anilines is 1. The fourth-order valence-corrected chi connectivity index (χ4v) is 2.29. The SMILES string of the molecule is CCOc1ccc(C(=O)OCC(=O)Nc2cccc([N+](=O)[O-])c2)cc1OCC. The molecule has 9 heteroatoms. The Morgan fingerprint density at radius 2 is 1.75 bits per heavy atom. The van der Waals surface area contributed by atoms with Crippen molar-refractivity contribution in [2.24, 2.45) is 0 Å². The number of amides is 1. The van der Waals surface area contributed by atoms with Gasteiger partial charge in [0.1, 0.15) is 0 Å². The van der Waals surface area contributed by atoms with E-state index in [9.17, 15) is 19.7 Å². The van der Waals surface area contributed by atoms with Gasteiger partial charge >= 0.3 is 5.97 Å². The second-order valence-electron chi connectivity index (χ2n) is 5.46. The monoisotopic (exact) mass is 388 g/mol. The second-order valence-corrected chi connectivity index (χ2v) is 5.46. The number of nitrogens with zero attached hydrogens (tertiary/aromatic N) is 1. The summed E-state index contributed by atoms with van der Waals surface area (Å²) in [4.78, 5) is 34.3. The van der Waals surface area contributed by atoms with Crippen LogP contribution in [0.5, 0.6) is 11.5 Å². The van der Waals surface area contributed by atoms with Gasteiger partial charge in [-0.15, -0.1) is 0 Å². The van der Waals surface area contributed by atoms with Gasteiger partial charge in [0.2, 0.25) is 0 Å². The van der Waals surface area contributed by atoms with Crippen LogP contribution in [0.15, 0.2) is 42.5 Å². The van der Waals surface area contributed by atoms with E-state index in [0.717, 1.165) is 0 Å². The summed E-state index contributed by atoms with van der Waals surface area (Å²) in [6.45, 7) is 3.93. The molecule has 0 radical (unpaired) electrons. The van der Waals surface area contributed by atoms with Crippen LogP contribution in [0.1, 0.15) is 24.2 Å². The molecule has 0 heterocycles. The maximum absolute atomic E-state index is 12.2. The molecule has 0 aliphatic heterocycles. The Bertz CT molecular complexity index is 867. The van der Waals surface area contributed by atoms with Crippen LogP contribution in [0.3, 0.4) is 0 Å². The molecule has 1 amide bonds. The molecule has 0 bridgehead atoms. The van der Waals surface area contributed by atoms with Gasteiger partial charge in [-0.1, -0.05) is 6.07 Å². The number of nitro benzene ring substituents is 1. The van der Waals surface area contributed by atoms with E-state index < -0.39 is 23.4 Å². The number of carbonyl (C=O) groups excluding carboxylic acids is 2. The lowest BCUT2D eigenvalue weighted by Gasteiger charge is -2.12. The number of esters is 1. The van der Waals surface area contributed by atoms with Crippen molar-refractivity contribution in [2.75, 3.05) is 25.1 Å². The highest BCUT2D eigenvalue weighted by Crippen LogP contribution is 2.28. The molecule has 0 aliphatic carbocycles. The fraction of sp³-hybridized carbons (Fsp3) is 0.263. The van der Waals surface area contributed by atoms with E-state index in [-0.39, 0.29) is 16.9 Å². The number of hydrogen-bond donors (Lipinski definition) is 1. The summed E-state index contributed by atoms with van der Waals surface area (Å²) < 4.78 is 15.9. The number of nitro groups is 1. The van der Waals surface area contributed by atoms with Gasteiger partial charge in [0.15, 0.2) is 18.1 Å². The minimum absolute atomic E-state index is 0.160. The molecule has 0 aromatic heterocycles. The predicted molar refractivity (Wildman–Crippen MR) is 101 cm³/mol. The normalized spacial score (nSPS) is 10.1. The fourth-order valence-electron chi connectivity index (χ4n) is 2.29. The first kappa shape index (κ1) is 20.7. The molecule has 2 rings (SSSR count). The molecule has 0 spiro atoms.